The van der Waals surface area contributed by atoms with E-state index in [1.807, 2.05) is 4.90 Å². The molecule has 2 bridgehead atoms. The van der Waals surface area contributed by atoms with E-state index in [0.29, 0.717) is 18.1 Å². The molecular formula is C14H23NO2. The molecule has 2 fully saturated rings. The van der Waals surface area contributed by atoms with Crippen molar-refractivity contribution in [2.75, 3.05) is 13.2 Å². The fourth-order valence-corrected chi connectivity index (χ4v) is 3.89. The van der Waals surface area contributed by atoms with Gasteiger partial charge in [-0.1, -0.05) is 33.4 Å². The van der Waals surface area contributed by atoms with Gasteiger partial charge in [-0.05, 0) is 30.1 Å². The number of carbonyl (C=O) groups is 1. The van der Waals surface area contributed by atoms with E-state index in [1.165, 1.54) is 6.42 Å². The number of fused-ring (bicyclic) bond motifs is 2. The standard InChI is InChI=1S/C14H23NO2/c1-5-6-17-12(16)15-10-14(4)8-11(15)7-13(2,3)9-14/h5,11H,1,6-10H2,2-4H3. The highest BCUT2D eigenvalue weighted by Crippen LogP contribution is 2.52. The Morgan fingerprint density at radius 1 is 1.47 bits per heavy atom. The van der Waals surface area contributed by atoms with Crippen molar-refractivity contribution in [2.24, 2.45) is 10.8 Å². The summed E-state index contributed by atoms with van der Waals surface area (Å²) in [6.45, 7) is 11.6. The highest BCUT2D eigenvalue weighted by molar-refractivity contribution is 5.69. The van der Waals surface area contributed by atoms with Crippen LogP contribution in [0.5, 0.6) is 0 Å². The number of nitrogens with zero attached hydrogens (tertiary/aromatic N) is 1. The molecule has 96 valence electrons. The quantitative estimate of drug-likeness (QED) is 0.690. The van der Waals surface area contributed by atoms with Crippen molar-refractivity contribution in [3.8, 4) is 0 Å². The zero-order valence-electron chi connectivity index (χ0n) is 11.2. The lowest BCUT2D eigenvalue weighted by Gasteiger charge is -2.39. The summed E-state index contributed by atoms with van der Waals surface area (Å²) >= 11 is 0. The molecule has 17 heavy (non-hydrogen) atoms. The summed E-state index contributed by atoms with van der Waals surface area (Å²) in [4.78, 5) is 13.9. The van der Waals surface area contributed by atoms with E-state index < -0.39 is 0 Å². The van der Waals surface area contributed by atoms with Crippen molar-refractivity contribution >= 4 is 6.09 Å². The number of ether oxygens (including phenoxy) is 1. The Bertz CT molecular complexity index is 337. The summed E-state index contributed by atoms with van der Waals surface area (Å²) in [6, 6.07) is 0.362. The van der Waals surface area contributed by atoms with E-state index in [9.17, 15) is 4.79 Å². The molecule has 0 aromatic carbocycles. The van der Waals surface area contributed by atoms with Gasteiger partial charge in [0.15, 0.2) is 0 Å². The van der Waals surface area contributed by atoms with Crippen LogP contribution in [0.25, 0.3) is 0 Å². The first-order chi connectivity index (χ1) is 7.85. The van der Waals surface area contributed by atoms with Crippen molar-refractivity contribution in [2.45, 2.75) is 46.1 Å². The number of hydrogen-bond acceptors (Lipinski definition) is 2. The van der Waals surface area contributed by atoms with Crippen LogP contribution in [0.2, 0.25) is 0 Å². The Morgan fingerprint density at radius 2 is 2.18 bits per heavy atom. The van der Waals surface area contributed by atoms with Crippen LogP contribution in [0.15, 0.2) is 12.7 Å². The largest absolute Gasteiger partial charge is 0.445 e. The molecule has 1 saturated carbocycles. The van der Waals surface area contributed by atoms with E-state index in [0.717, 1.165) is 19.4 Å². The maximum Gasteiger partial charge on any atom is 0.410 e. The minimum atomic E-state index is -0.170. The van der Waals surface area contributed by atoms with Crippen LogP contribution >= 0.6 is 0 Å². The van der Waals surface area contributed by atoms with Crippen molar-refractivity contribution < 1.29 is 9.53 Å². The summed E-state index contributed by atoms with van der Waals surface area (Å²) in [5, 5.41) is 0. The van der Waals surface area contributed by atoms with Gasteiger partial charge in [0.05, 0.1) is 0 Å². The SMILES string of the molecule is C=CCOC(=O)N1CC2(C)CC1CC(C)(C)C2. The van der Waals surface area contributed by atoms with Crippen LogP contribution in [-0.2, 0) is 4.74 Å². The number of rotatable bonds is 2. The van der Waals surface area contributed by atoms with Crippen molar-refractivity contribution in [1.82, 2.24) is 4.90 Å². The first kappa shape index (κ1) is 12.5. The monoisotopic (exact) mass is 237 g/mol. The first-order valence-electron chi connectivity index (χ1n) is 6.40. The molecule has 0 spiro atoms. The van der Waals surface area contributed by atoms with Crippen LogP contribution in [0, 0.1) is 10.8 Å². The Morgan fingerprint density at radius 3 is 2.82 bits per heavy atom. The van der Waals surface area contributed by atoms with Crippen molar-refractivity contribution in [1.29, 1.82) is 0 Å². The Balaban J connectivity index is 2.08. The molecule has 0 N–H and O–H groups in total. The Kier molecular flexibility index (Phi) is 2.96. The predicted octanol–water partition coefficient (Wildman–Crippen LogP) is 3.21. The van der Waals surface area contributed by atoms with Gasteiger partial charge in [0.2, 0.25) is 0 Å². The number of carbonyl (C=O) groups excluding carboxylic acids is 1. The first-order valence-corrected chi connectivity index (χ1v) is 6.40. The van der Waals surface area contributed by atoms with Crippen molar-refractivity contribution in [3.63, 3.8) is 0 Å². The Labute approximate surface area is 104 Å². The van der Waals surface area contributed by atoms with Gasteiger partial charge in [-0.2, -0.15) is 0 Å². The zero-order chi connectivity index (χ0) is 12.7. The van der Waals surface area contributed by atoms with Gasteiger partial charge in [0.25, 0.3) is 0 Å². The molecule has 3 heteroatoms. The number of likely N-dealkylation sites (tertiary alicyclic amines) is 1. The van der Waals surface area contributed by atoms with E-state index in [1.54, 1.807) is 6.08 Å². The van der Waals surface area contributed by atoms with Gasteiger partial charge in [0.1, 0.15) is 6.61 Å². The molecule has 2 rings (SSSR count). The van der Waals surface area contributed by atoms with E-state index in [4.69, 9.17) is 4.74 Å². The van der Waals surface area contributed by atoms with Gasteiger partial charge in [-0.3, -0.25) is 0 Å². The smallest absolute Gasteiger partial charge is 0.410 e. The fraction of sp³-hybridized carbons (Fsp3) is 0.786. The van der Waals surface area contributed by atoms with Gasteiger partial charge in [-0.25, -0.2) is 4.79 Å². The fourth-order valence-electron chi connectivity index (χ4n) is 3.89. The lowest BCUT2D eigenvalue weighted by atomic mass is 9.65. The third-order valence-corrected chi connectivity index (χ3v) is 3.97. The van der Waals surface area contributed by atoms with Gasteiger partial charge in [0, 0.05) is 12.6 Å². The molecule has 1 aliphatic heterocycles. The highest BCUT2D eigenvalue weighted by Gasteiger charge is 2.51. The van der Waals surface area contributed by atoms with Gasteiger partial charge < -0.3 is 9.64 Å². The summed E-state index contributed by atoms with van der Waals surface area (Å²) in [7, 11) is 0. The lowest BCUT2D eigenvalue weighted by molar-refractivity contribution is 0.0979. The molecule has 2 atom stereocenters. The molecule has 0 aromatic rings. The molecule has 0 aromatic heterocycles. The average molecular weight is 237 g/mol. The minimum Gasteiger partial charge on any atom is -0.445 e. The average Bonchev–Trinajstić information content (AvgIpc) is 2.44. The van der Waals surface area contributed by atoms with Gasteiger partial charge >= 0.3 is 6.09 Å². The third kappa shape index (κ3) is 2.48. The summed E-state index contributed by atoms with van der Waals surface area (Å²) in [5.41, 5.74) is 0.616. The summed E-state index contributed by atoms with van der Waals surface area (Å²) < 4.78 is 5.17. The maximum atomic E-state index is 12.0. The van der Waals surface area contributed by atoms with Crippen molar-refractivity contribution in [3.05, 3.63) is 12.7 Å². The second kappa shape index (κ2) is 4.04. The minimum absolute atomic E-state index is 0.170. The van der Waals surface area contributed by atoms with Crippen LogP contribution in [0.3, 0.4) is 0 Å². The van der Waals surface area contributed by atoms with Crippen LogP contribution in [0.1, 0.15) is 40.0 Å². The molecule has 3 nitrogen and oxygen atoms in total. The van der Waals surface area contributed by atoms with E-state index in [2.05, 4.69) is 27.4 Å². The van der Waals surface area contributed by atoms with Gasteiger partial charge in [-0.15, -0.1) is 0 Å². The molecule has 1 saturated heterocycles. The van der Waals surface area contributed by atoms with E-state index in [-0.39, 0.29) is 11.5 Å². The molecule has 2 unspecified atom stereocenters. The molecule has 1 heterocycles. The molecular weight excluding hydrogens is 214 g/mol. The second-order valence-corrected chi connectivity index (χ2v) is 6.71. The zero-order valence-corrected chi connectivity index (χ0v) is 11.2. The van der Waals surface area contributed by atoms with Crippen LogP contribution < -0.4 is 0 Å². The third-order valence-electron chi connectivity index (χ3n) is 3.97. The Hall–Kier alpha value is -0.990. The van der Waals surface area contributed by atoms with Crippen LogP contribution in [0.4, 0.5) is 4.79 Å². The maximum absolute atomic E-state index is 12.0. The molecule has 0 radical (unpaired) electrons. The summed E-state index contributed by atoms with van der Waals surface area (Å²) in [5.74, 6) is 0. The van der Waals surface area contributed by atoms with E-state index >= 15 is 0 Å². The normalized spacial score (nSPS) is 34.5. The molecule has 1 aliphatic carbocycles. The number of amides is 1. The number of hydrogen-bond donors (Lipinski definition) is 0. The summed E-state index contributed by atoms with van der Waals surface area (Å²) in [6.07, 6.45) is 4.86. The van der Waals surface area contributed by atoms with Crippen LogP contribution in [-0.4, -0.2) is 30.2 Å². The predicted molar refractivity (Wildman–Crippen MR) is 67.8 cm³/mol. The second-order valence-electron chi connectivity index (χ2n) is 6.71. The topological polar surface area (TPSA) is 29.5 Å². The molecule has 2 aliphatic rings. The molecule has 1 amide bonds. The lowest BCUT2D eigenvalue weighted by Crippen LogP contribution is -2.38. The highest BCUT2D eigenvalue weighted by atomic mass is 16.6.